The highest BCUT2D eigenvalue weighted by atomic mass is 32.2. The summed E-state index contributed by atoms with van der Waals surface area (Å²) in [6, 6.07) is 0.595. The van der Waals surface area contributed by atoms with Gasteiger partial charge in [-0.05, 0) is 45.7 Å². The Bertz CT molecular complexity index is 354. The van der Waals surface area contributed by atoms with Crippen LogP contribution in [0.3, 0.4) is 0 Å². The molecular formula is C14H30N2O2S. The van der Waals surface area contributed by atoms with Crippen molar-refractivity contribution in [3.63, 3.8) is 0 Å². The van der Waals surface area contributed by atoms with Gasteiger partial charge in [0.1, 0.15) is 0 Å². The molecule has 0 saturated carbocycles. The predicted octanol–water partition coefficient (Wildman–Crippen LogP) is 1.52. The summed E-state index contributed by atoms with van der Waals surface area (Å²) in [7, 11) is -2.90. The largest absolute Gasteiger partial charge is 0.314 e. The van der Waals surface area contributed by atoms with E-state index < -0.39 is 9.84 Å². The van der Waals surface area contributed by atoms with Gasteiger partial charge < -0.3 is 10.2 Å². The molecule has 0 aromatic carbocycles. The molecule has 2 unspecified atom stereocenters. The first-order valence-electron chi connectivity index (χ1n) is 7.54. The fourth-order valence-electron chi connectivity index (χ4n) is 2.56. The zero-order valence-corrected chi connectivity index (χ0v) is 13.7. The van der Waals surface area contributed by atoms with Crippen molar-refractivity contribution in [1.29, 1.82) is 0 Å². The van der Waals surface area contributed by atoms with Gasteiger partial charge in [-0.2, -0.15) is 0 Å². The van der Waals surface area contributed by atoms with Crippen LogP contribution in [0.1, 0.15) is 40.5 Å². The van der Waals surface area contributed by atoms with E-state index in [9.17, 15) is 8.42 Å². The second-order valence-corrected chi connectivity index (χ2v) is 8.72. The molecule has 1 N–H and O–H groups in total. The molecule has 1 saturated heterocycles. The van der Waals surface area contributed by atoms with Crippen molar-refractivity contribution in [2.75, 3.05) is 31.9 Å². The fourth-order valence-corrected chi connectivity index (χ4v) is 3.54. The molecule has 19 heavy (non-hydrogen) atoms. The van der Waals surface area contributed by atoms with E-state index in [1.54, 1.807) is 13.8 Å². The van der Waals surface area contributed by atoms with E-state index in [0.717, 1.165) is 26.1 Å². The SMILES string of the molecule is CCCNC1CCN(CCS(=O)(=O)C(C)C)CC1C. The number of rotatable bonds is 7. The van der Waals surface area contributed by atoms with Crippen LogP contribution in [0.5, 0.6) is 0 Å². The van der Waals surface area contributed by atoms with Gasteiger partial charge in [-0.1, -0.05) is 13.8 Å². The number of sulfone groups is 1. The van der Waals surface area contributed by atoms with Crippen LogP contribution in [0.2, 0.25) is 0 Å². The summed E-state index contributed by atoms with van der Waals surface area (Å²) in [5.41, 5.74) is 0. The maximum Gasteiger partial charge on any atom is 0.153 e. The Morgan fingerprint density at radius 3 is 2.58 bits per heavy atom. The van der Waals surface area contributed by atoms with Crippen LogP contribution in [-0.4, -0.2) is 56.5 Å². The zero-order valence-electron chi connectivity index (χ0n) is 12.9. The van der Waals surface area contributed by atoms with E-state index in [0.29, 0.717) is 24.3 Å². The standard InChI is InChI=1S/C14H30N2O2S/c1-5-7-15-14-6-8-16(11-13(14)4)9-10-19(17,18)12(2)3/h12-15H,5-11H2,1-4H3. The Labute approximate surface area is 118 Å². The number of nitrogens with one attached hydrogen (secondary N) is 1. The lowest BCUT2D eigenvalue weighted by molar-refractivity contribution is 0.154. The van der Waals surface area contributed by atoms with Crippen molar-refractivity contribution in [2.24, 2.45) is 5.92 Å². The van der Waals surface area contributed by atoms with Gasteiger partial charge in [-0.3, -0.25) is 0 Å². The molecule has 0 spiro atoms. The summed E-state index contributed by atoms with van der Waals surface area (Å²) in [5.74, 6) is 0.895. The van der Waals surface area contributed by atoms with Crippen molar-refractivity contribution in [3.8, 4) is 0 Å². The van der Waals surface area contributed by atoms with E-state index >= 15 is 0 Å². The van der Waals surface area contributed by atoms with Gasteiger partial charge in [0.15, 0.2) is 9.84 Å². The molecule has 0 bridgehead atoms. The maximum atomic E-state index is 11.8. The molecule has 1 rings (SSSR count). The average molecular weight is 290 g/mol. The summed E-state index contributed by atoms with van der Waals surface area (Å²) >= 11 is 0. The van der Waals surface area contributed by atoms with Gasteiger partial charge in [0, 0.05) is 19.1 Å². The molecule has 114 valence electrons. The molecule has 0 aromatic heterocycles. The third-order valence-electron chi connectivity index (χ3n) is 4.06. The number of nitrogens with zero attached hydrogens (tertiary/aromatic N) is 1. The Morgan fingerprint density at radius 1 is 1.37 bits per heavy atom. The second kappa shape index (κ2) is 7.60. The summed E-state index contributed by atoms with van der Waals surface area (Å²) < 4.78 is 23.6. The summed E-state index contributed by atoms with van der Waals surface area (Å²) in [4.78, 5) is 2.30. The van der Waals surface area contributed by atoms with Gasteiger partial charge in [-0.15, -0.1) is 0 Å². The highest BCUT2D eigenvalue weighted by molar-refractivity contribution is 7.92. The third-order valence-corrected chi connectivity index (χ3v) is 6.24. The lowest BCUT2D eigenvalue weighted by Gasteiger charge is -2.37. The van der Waals surface area contributed by atoms with Crippen LogP contribution in [0.4, 0.5) is 0 Å². The van der Waals surface area contributed by atoms with E-state index in [-0.39, 0.29) is 5.25 Å². The second-order valence-electron chi connectivity index (χ2n) is 6.04. The monoisotopic (exact) mass is 290 g/mol. The summed E-state index contributed by atoms with van der Waals surface area (Å²) in [6.45, 7) is 11.8. The molecule has 1 aliphatic heterocycles. The van der Waals surface area contributed by atoms with Gasteiger partial charge in [0.2, 0.25) is 0 Å². The van der Waals surface area contributed by atoms with Crippen LogP contribution in [0.15, 0.2) is 0 Å². The Balaban J connectivity index is 2.36. The first-order chi connectivity index (χ1) is 8.86. The van der Waals surface area contributed by atoms with Crippen LogP contribution < -0.4 is 5.32 Å². The molecule has 2 atom stereocenters. The van der Waals surface area contributed by atoms with E-state index in [1.165, 1.54) is 6.42 Å². The molecule has 0 aromatic rings. The Morgan fingerprint density at radius 2 is 2.05 bits per heavy atom. The molecule has 1 fully saturated rings. The number of piperidine rings is 1. The van der Waals surface area contributed by atoms with Crippen molar-refractivity contribution >= 4 is 9.84 Å². The number of hydrogen-bond donors (Lipinski definition) is 1. The smallest absolute Gasteiger partial charge is 0.153 e. The van der Waals surface area contributed by atoms with E-state index in [1.807, 2.05) is 0 Å². The average Bonchev–Trinajstić information content (AvgIpc) is 2.35. The first kappa shape index (κ1) is 16.9. The fraction of sp³-hybridized carbons (Fsp3) is 1.00. The summed E-state index contributed by atoms with van der Waals surface area (Å²) in [6.07, 6.45) is 2.29. The van der Waals surface area contributed by atoms with Crippen LogP contribution in [-0.2, 0) is 9.84 Å². The van der Waals surface area contributed by atoms with Gasteiger partial charge >= 0.3 is 0 Å². The Hall–Kier alpha value is -0.130. The third kappa shape index (κ3) is 5.40. The minimum Gasteiger partial charge on any atom is -0.314 e. The normalized spacial score (nSPS) is 25.9. The first-order valence-corrected chi connectivity index (χ1v) is 9.25. The number of hydrogen-bond acceptors (Lipinski definition) is 4. The molecule has 1 heterocycles. The van der Waals surface area contributed by atoms with Crippen LogP contribution in [0, 0.1) is 5.92 Å². The minimum absolute atomic E-state index is 0.256. The van der Waals surface area contributed by atoms with Crippen LogP contribution >= 0.6 is 0 Å². The van der Waals surface area contributed by atoms with Gasteiger partial charge in [0.05, 0.1) is 11.0 Å². The van der Waals surface area contributed by atoms with Crippen molar-refractivity contribution in [1.82, 2.24) is 10.2 Å². The highest BCUT2D eigenvalue weighted by Gasteiger charge is 2.26. The topological polar surface area (TPSA) is 49.4 Å². The quantitative estimate of drug-likeness (QED) is 0.772. The van der Waals surface area contributed by atoms with E-state index in [2.05, 4.69) is 24.1 Å². The lowest BCUT2D eigenvalue weighted by atomic mass is 9.94. The van der Waals surface area contributed by atoms with Crippen molar-refractivity contribution in [2.45, 2.75) is 51.8 Å². The number of likely N-dealkylation sites (tertiary alicyclic amines) is 1. The Kier molecular flexibility index (Phi) is 6.77. The maximum absolute atomic E-state index is 11.8. The van der Waals surface area contributed by atoms with Gasteiger partial charge in [0.25, 0.3) is 0 Å². The molecule has 0 radical (unpaired) electrons. The highest BCUT2D eigenvalue weighted by Crippen LogP contribution is 2.17. The lowest BCUT2D eigenvalue weighted by Crippen LogP contribution is -2.49. The molecule has 4 nitrogen and oxygen atoms in total. The zero-order chi connectivity index (χ0) is 14.5. The molecule has 1 aliphatic rings. The molecule has 5 heteroatoms. The van der Waals surface area contributed by atoms with Crippen LogP contribution in [0.25, 0.3) is 0 Å². The van der Waals surface area contributed by atoms with Gasteiger partial charge in [-0.25, -0.2) is 8.42 Å². The minimum atomic E-state index is -2.90. The van der Waals surface area contributed by atoms with E-state index in [4.69, 9.17) is 0 Å². The van der Waals surface area contributed by atoms with Crippen molar-refractivity contribution < 1.29 is 8.42 Å². The molecule has 0 aliphatic carbocycles. The predicted molar refractivity (Wildman–Crippen MR) is 81.2 cm³/mol. The molecular weight excluding hydrogens is 260 g/mol. The van der Waals surface area contributed by atoms with Crippen molar-refractivity contribution in [3.05, 3.63) is 0 Å². The summed E-state index contributed by atoms with van der Waals surface area (Å²) in [5, 5.41) is 3.33. The molecule has 0 amide bonds.